The molecule has 0 amide bonds. The Morgan fingerprint density at radius 2 is 1.96 bits per heavy atom. The molecule has 0 saturated heterocycles. The molecule has 26 heavy (non-hydrogen) atoms. The van der Waals surface area contributed by atoms with Crippen molar-refractivity contribution in [3.63, 3.8) is 0 Å². The number of rotatable bonds is 9. The first-order valence-corrected chi connectivity index (χ1v) is 8.64. The monoisotopic (exact) mass is 367 g/mol. The van der Waals surface area contributed by atoms with Crippen LogP contribution in [0, 0.1) is 5.92 Å². The number of anilines is 3. The highest BCUT2D eigenvalue weighted by molar-refractivity contribution is 5.71. The number of carbonyl (C=O) groups excluding carboxylic acids is 2. The number of nitrogens with one attached hydrogen (secondary N) is 2. The molecule has 0 spiro atoms. The predicted molar refractivity (Wildman–Crippen MR) is 95.7 cm³/mol. The zero-order valence-electron chi connectivity index (χ0n) is 15.0. The Bertz CT molecular complexity index is 705. The van der Waals surface area contributed by atoms with Crippen LogP contribution in [0.3, 0.4) is 0 Å². The number of ether oxygens (including phenoxy) is 2. The lowest BCUT2D eigenvalue weighted by molar-refractivity contribution is -0.147. The molecule has 2 rings (SSSR count). The number of aromatic nitrogens is 2. The molecule has 0 fully saturated rings. The first-order valence-electron chi connectivity index (χ1n) is 8.64. The zero-order chi connectivity index (χ0) is 19.1. The molecule has 144 valence electrons. The summed E-state index contributed by atoms with van der Waals surface area (Å²) in [4.78, 5) is 43.1. The molecule has 1 aliphatic rings. The van der Waals surface area contributed by atoms with Crippen LogP contribution in [0.1, 0.15) is 33.1 Å². The van der Waals surface area contributed by atoms with Gasteiger partial charge in [0.2, 0.25) is 5.95 Å². The lowest BCUT2D eigenvalue weighted by Crippen LogP contribution is -2.33. The highest BCUT2D eigenvalue weighted by Crippen LogP contribution is 2.26. The summed E-state index contributed by atoms with van der Waals surface area (Å²) in [6.07, 6.45) is 1.12. The van der Waals surface area contributed by atoms with Gasteiger partial charge in [0.15, 0.2) is 5.82 Å². The smallest absolute Gasteiger partial charge is 0.305 e. The van der Waals surface area contributed by atoms with E-state index in [0.717, 1.165) is 0 Å². The third-order valence-corrected chi connectivity index (χ3v) is 3.99. The van der Waals surface area contributed by atoms with Crippen molar-refractivity contribution in [3.05, 3.63) is 10.4 Å². The second-order valence-electron chi connectivity index (χ2n) is 5.97. The molecule has 4 N–H and O–H groups in total. The molecule has 1 atom stereocenters. The van der Waals surface area contributed by atoms with Crippen molar-refractivity contribution in [1.82, 2.24) is 9.97 Å². The van der Waals surface area contributed by atoms with Crippen molar-refractivity contribution in [2.24, 2.45) is 5.92 Å². The summed E-state index contributed by atoms with van der Waals surface area (Å²) in [5.41, 5.74) is 5.65. The third kappa shape index (κ3) is 5.11. The van der Waals surface area contributed by atoms with E-state index >= 15 is 0 Å². The summed E-state index contributed by atoms with van der Waals surface area (Å²) in [7, 11) is 0. The van der Waals surface area contributed by atoms with Gasteiger partial charge in [-0.15, -0.1) is 0 Å². The molecule has 0 bridgehead atoms. The van der Waals surface area contributed by atoms with Crippen LogP contribution in [0.2, 0.25) is 0 Å². The first-order chi connectivity index (χ1) is 12.4. The van der Waals surface area contributed by atoms with E-state index in [0.29, 0.717) is 44.0 Å². The largest absolute Gasteiger partial charge is 0.466 e. The van der Waals surface area contributed by atoms with Crippen molar-refractivity contribution in [1.29, 1.82) is 0 Å². The average molecular weight is 367 g/mol. The molecule has 1 aliphatic heterocycles. The van der Waals surface area contributed by atoms with Gasteiger partial charge in [-0.05, 0) is 6.42 Å². The number of H-pyrrole nitrogens is 1. The maximum atomic E-state index is 11.9. The van der Waals surface area contributed by atoms with Crippen molar-refractivity contribution < 1.29 is 19.1 Å². The van der Waals surface area contributed by atoms with Gasteiger partial charge in [0.25, 0.3) is 5.56 Å². The normalized spacial score (nSPS) is 13.7. The fraction of sp³-hybridized carbons (Fsp3) is 0.625. The molecular formula is C16H25N5O5. The minimum atomic E-state index is -0.333. The molecule has 1 unspecified atom stereocenters. The molecule has 1 aromatic rings. The van der Waals surface area contributed by atoms with Gasteiger partial charge in [-0.3, -0.25) is 19.4 Å². The number of nitrogen functional groups attached to an aromatic ring is 1. The van der Waals surface area contributed by atoms with Crippen LogP contribution in [0.25, 0.3) is 0 Å². The van der Waals surface area contributed by atoms with Gasteiger partial charge in [0.05, 0.1) is 19.9 Å². The summed E-state index contributed by atoms with van der Waals surface area (Å²) in [5, 5.41) is 2.98. The molecule has 1 aromatic heterocycles. The molecular weight excluding hydrogens is 342 g/mol. The fourth-order valence-electron chi connectivity index (χ4n) is 2.56. The summed E-state index contributed by atoms with van der Waals surface area (Å²) >= 11 is 0. The molecule has 10 heteroatoms. The Kier molecular flexibility index (Phi) is 6.81. The number of esters is 2. The van der Waals surface area contributed by atoms with Gasteiger partial charge in [-0.25, -0.2) is 0 Å². The molecule has 2 heterocycles. The lowest BCUT2D eigenvalue weighted by atomic mass is 10.1. The Labute approximate surface area is 151 Å². The highest BCUT2D eigenvalue weighted by Gasteiger charge is 2.26. The molecule has 0 saturated carbocycles. The SMILES string of the molecule is CCC(=O)OCCC(COC(=O)CC)CN1CNc2c1nc(N)[nH]c2=O. The van der Waals surface area contributed by atoms with E-state index < -0.39 is 0 Å². The van der Waals surface area contributed by atoms with E-state index in [2.05, 4.69) is 15.3 Å². The Hall–Kier alpha value is -2.78. The molecule has 0 radical (unpaired) electrons. The molecule has 10 nitrogen and oxygen atoms in total. The van der Waals surface area contributed by atoms with Crippen LogP contribution in [0.15, 0.2) is 4.79 Å². The van der Waals surface area contributed by atoms with Gasteiger partial charge >= 0.3 is 11.9 Å². The van der Waals surface area contributed by atoms with Crippen molar-refractivity contribution in [2.45, 2.75) is 33.1 Å². The van der Waals surface area contributed by atoms with E-state index in [1.807, 2.05) is 4.90 Å². The highest BCUT2D eigenvalue weighted by atomic mass is 16.5. The topological polar surface area (TPSA) is 140 Å². The summed E-state index contributed by atoms with van der Waals surface area (Å²) in [6.45, 7) is 4.74. The van der Waals surface area contributed by atoms with E-state index in [-0.39, 0.29) is 42.6 Å². The van der Waals surface area contributed by atoms with Crippen LogP contribution in [-0.2, 0) is 19.1 Å². The molecule has 0 aromatic carbocycles. The molecule has 0 aliphatic carbocycles. The van der Waals surface area contributed by atoms with Gasteiger partial charge in [0.1, 0.15) is 5.69 Å². The van der Waals surface area contributed by atoms with Gasteiger partial charge in [0, 0.05) is 25.3 Å². The first kappa shape index (κ1) is 19.5. The summed E-state index contributed by atoms with van der Waals surface area (Å²) in [5.74, 6) is -0.162. The fourth-order valence-corrected chi connectivity index (χ4v) is 2.56. The van der Waals surface area contributed by atoms with E-state index in [1.54, 1.807) is 13.8 Å². The van der Waals surface area contributed by atoms with Gasteiger partial charge in [-0.1, -0.05) is 13.8 Å². The minimum Gasteiger partial charge on any atom is -0.466 e. The van der Waals surface area contributed by atoms with Crippen molar-refractivity contribution >= 4 is 29.4 Å². The summed E-state index contributed by atoms with van der Waals surface area (Å²) in [6, 6.07) is 0. The maximum absolute atomic E-state index is 11.9. The van der Waals surface area contributed by atoms with E-state index in [9.17, 15) is 14.4 Å². The van der Waals surface area contributed by atoms with Gasteiger partial charge in [-0.2, -0.15) is 4.98 Å². The van der Waals surface area contributed by atoms with Crippen LogP contribution >= 0.6 is 0 Å². The lowest BCUT2D eigenvalue weighted by Gasteiger charge is -2.24. The van der Waals surface area contributed by atoms with E-state index in [4.69, 9.17) is 15.2 Å². The van der Waals surface area contributed by atoms with Crippen LogP contribution in [-0.4, -0.2) is 48.3 Å². The minimum absolute atomic E-state index is 0.0355. The second-order valence-corrected chi connectivity index (χ2v) is 5.97. The quantitative estimate of drug-likeness (QED) is 0.531. The Balaban J connectivity index is 2.03. The Morgan fingerprint density at radius 1 is 1.27 bits per heavy atom. The van der Waals surface area contributed by atoms with Crippen LogP contribution < -0.4 is 21.5 Å². The second kappa shape index (κ2) is 9.07. The predicted octanol–water partition coefficient (Wildman–Crippen LogP) is 0.454. The number of nitrogens with zero attached hydrogens (tertiary/aromatic N) is 2. The standard InChI is InChI=1S/C16H25N5O5/c1-3-11(22)25-6-5-10(8-26-12(23)4-2)7-21-9-18-13-14(21)19-16(17)20-15(13)24/h10,18H,3-9H2,1-2H3,(H3,17,19,20,24). The number of hydrogen-bond donors (Lipinski definition) is 3. The summed E-state index contributed by atoms with van der Waals surface area (Å²) < 4.78 is 10.4. The average Bonchev–Trinajstić information content (AvgIpc) is 3.01. The van der Waals surface area contributed by atoms with Crippen molar-refractivity contribution in [3.8, 4) is 0 Å². The third-order valence-electron chi connectivity index (χ3n) is 3.99. The number of aromatic amines is 1. The van der Waals surface area contributed by atoms with Crippen LogP contribution in [0.5, 0.6) is 0 Å². The Morgan fingerprint density at radius 3 is 2.65 bits per heavy atom. The number of fused-ring (bicyclic) bond motifs is 1. The zero-order valence-corrected chi connectivity index (χ0v) is 15.0. The van der Waals surface area contributed by atoms with Gasteiger partial charge < -0.3 is 25.4 Å². The van der Waals surface area contributed by atoms with Crippen LogP contribution in [0.4, 0.5) is 17.5 Å². The van der Waals surface area contributed by atoms with Crippen molar-refractivity contribution in [2.75, 3.05) is 42.4 Å². The maximum Gasteiger partial charge on any atom is 0.305 e. The number of hydrogen-bond acceptors (Lipinski definition) is 9. The number of carbonyl (C=O) groups is 2. The van der Waals surface area contributed by atoms with E-state index in [1.165, 1.54) is 0 Å². The number of nitrogens with two attached hydrogens (primary N) is 1.